The zero-order valence-corrected chi connectivity index (χ0v) is 28.3. The van der Waals surface area contributed by atoms with E-state index in [0.29, 0.717) is 0 Å². The quantitative estimate of drug-likeness (QED) is 0.163. The first-order chi connectivity index (χ1) is 24.3. The first-order valence-electron chi connectivity index (χ1n) is 16.7. The van der Waals surface area contributed by atoms with Crippen LogP contribution in [0.2, 0.25) is 0 Å². The fraction of sp³-hybridized carbons (Fsp3) is 0. The van der Waals surface area contributed by atoms with Gasteiger partial charge < -0.3 is 0 Å². The van der Waals surface area contributed by atoms with Gasteiger partial charge in [-0.2, -0.15) is 0 Å². The number of hydrogen-bond donors (Lipinski definition) is 0. The van der Waals surface area contributed by atoms with Crippen molar-refractivity contribution < 1.29 is 0 Å². The molecule has 0 spiro atoms. The summed E-state index contributed by atoms with van der Waals surface area (Å²) in [5, 5.41) is 7.89. The fourth-order valence-electron chi connectivity index (χ4n) is 7.49. The molecule has 0 saturated heterocycles. The van der Waals surface area contributed by atoms with Crippen molar-refractivity contribution in [3.05, 3.63) is 182 Å². The van der Waals surface area contributed by atoms with Gasteiger partial charge in [-0.3, -0.25) is 0 Å². The second-order valence-electron chi connectivity index (χ2n) is 12.6. The molecule has 49 heavy (non-hydrogen) atoms. The topological polar surface area (TPSA) is 8.17 Å². The average molecular weight is 690 g/mol. The van der Waals surface area contributed by atoms with E-state index in [1.165, 1.54) is 68.7 Å². The van der Waals surface area contributed by atoms with Gasteiger partial charge in [0.25, 0.3) is 0 Å². The third-order valence-electron chi connectivity index (χ3n) is 9.74. The van der Waals surface area contributed by atoms with Crippen LogP contribution in [0.4, 0.5) is 17.1 Å². The Labute approximate surface area is 290 Å². The monoisotopic (exact) mass is 690 g/mol. The molecule has 3 heteroatoms. The van der Waals surface area contributed by atoms with Gasteiger partial charge in [0, 0.05) is 0 Å². The molecule has 2 nitrogen and oxygen atoms in total. The van der Waals surface area contributed by atoms with Crippen LogP contribution in [0.25, 0.3) is 68.7 Å². The van der Waals surface area contributed by atoms with Gasteiger partial charge in [-0.15, -0.1) is 0 Å². The van der Waals surface area contributed by atoms with Gasteiger partial charge in [0.05, 0.1) is 0 Å². The number of nitrogens with zero attached hydrogens (tertiary/aromatic N) is 2. The number of benzene rings is 8. The summed E-state index contributed by atoms with van der Waals surface area (Å²) in [7, 11) is 0. The third-order valence-corrected chi connectivity index (χ3v) is 12.3. The molecule has 0 saturated carbocycles. The Morgan fingerprint density at radius 1 is 0.388 bits per heavy atom. The van der Waals surface area contributed by atoms with E-state index in [0.717, 1.165) is 17.1 Å². The molecule has 0 radical (unpaired) electrons. The van der Waals surface area contributed by atoms with Crippen molar-refractivity contribution in [3.63, 3.8) is 0 Å². The maximum atomic E-state index is 2.44. The van der Waals surface area contributed by atoms with Gasteiger partial charge in [-0.25, -0.2) is 0 Å². The molecule has 0 N–H and O–H groups in total. The minimum atomic E-state index is 0.264. The van der Waals surface area contributed by atoms with Crippen LogP contribution in [0.3, 0.4) is 0 Å². The van der Waals surface area contributed by atoms with Crippen LogP contribution in [0.5, 0.6) is 0 Å². The Hall–Kier alpha value is -5.86. The second kappa shape index (κ2) is 11.4. The maximum absolute atomic E-state index is 2.44. The van der Waals surface area contributed by atoms with Crippen molar-refractivity contribution in [1.29, 1.82) is 0 Å². The number of fused-ring (bicyclic) bond motifs is 8. The summed E-state index contributed by atoms with van der Waals surface area (Å²) in [4.78, 5) is 2.44. The van der Waals surface area contributed by atoms with Crippen LogP contribution >= 0.6 is 0 Å². The molecule has 0 unspecified atom stereocenters. The molecule has 0 bridgehead atoms. The van der Waals surface area contributed by atoms with Crippen molar-refractivity contribution in [2.75, 3.05) is 4.90 Å². The van der Waals surface area contributed by atoms with E-state index in [1.54, 1.807) is 0 Å². The molecule has 10 rings (SSSR count). The number of hydrogen-bond acceptors (Lipinski definition) is 1. The molecule has 0 amide bonds. The van der Waals surface area contributed by atoms with Crippen LogP contribution in [-0.4, -0.2) is 19.1 Å². The van der Waals surface area contributed by atoms with Gasteiger partial charge in [0.15, 0.2) is 0 Å². The van der Waals surface area contributed by atoms with Gasteiger partial charge in [-0.1, -0.05) is 18.2 Å². The average Bonchev–Trinajstić information content (AvgIpc) is 3.72. The van der Waals surface area contributed by atoms with Crippen LogP contribution < -0.4 is 4.90 Å². The van der Waals surface area contributed by atoms with Crippen LogP contribution in [-0.2, 0) is 0 Å². The Balaban J connectivity index is 1.23. The Morgan fingerprint density at radius 2 is 1.02 bits per heavy atom. The van der Waals surface area contributed by atoms with E-state index < -0.39 is 0 Å². The SMILES string of the molecule is c1ccc(-c2cccc(N(c3ccc4ccc5c6ccccc6[se]c5c4c3)c3ccc4c(c3)c3ccccc3n4-c3ccccc3)c2)cc1. The molecule has 0 aliphatic rings. The molecule has 8 aromatic carbocycles. The second-order valence-corrected chi connectivity index (χ2v) is 14.8. The molecule has 2 aromatic heterocycles. The summed E-state index contributed by atoms with van der Waals surface area (Å²) in [6, 6.07) is 66.6. The third kappa shape index (κ3) is 4.63. The van der Waals surface area contributed by atoms with Crippen molar-refractivity contribution in [2.45, 2.75) is 0 Å². The van der Waals surface area contributed by atoms with Crippen molar-refractivity contribution >= 4 is 83.4 Å². The number of para-hydroxylation sites is 2. The van der Waals surface area contributed by atoms with E-state index >= 15 is 0 Å². The van der Waals surface area contributed by atoms with Crippen LogP contribution in [0.1, 0.15) is 0 Å². The zero-order valence-electron chi connectivity index (χ0n) is 26.6. The molecule has 0 aliphatic heterocycles. The van der Waals surface area contributed by atoms with Crippen LogP contribution in [0, 0.1) is 0 Å². The van der Waals surface area contributed by atoms with E-state index in [2.05, 4.69) is 191 Å². The summed E-state index contributed by atoms with van der Waals surface area (Å²) < 4.78 is 5.33. The Morgan fingerprint density at radius 3 is 1.88 bits per heavy atom. The first-order valence-corrected chi connectivity index (χ1v) is 18.4. The van der Waals surface area contributed by atoms with Gasteiger partial charge in [-0.05, 0) is 0 Å². The number of aromatic nitrogens is 1. The number of anilines is 3. The van der Waals surface area contributed by atoms with E-state index in [4.69, 9.17) is 0 Å². The zero-order chi connectivity index (χ0) is 32.3. The van der Waals surface area contributed by atoms with Gasteiger partial charge in [0.2, 0.25) is 0 Å². The summed E-state index contributed by atoms with van der Waals surface area (Å²) in [5.41, 5.74) is 9.41. The Bertz CT molecular complexity index is 2830. The van der Waals surface area contributed by atoms with Gasteiger partial charge in [0.1, 0.15) is 0 Å². The van der Waals surface area contributed by atoms with Gasteiger partial charge >= 0.3 is 274 Å². The summed E-state index contributed by atoms with van der Waals surface area (Å²) in [6.07, 6.45) is 0. The summed E-state index contributed by atoms with van der Waals surface area (Å²) in [5.74, 6) is 0. The van der Waals surface area contributed by atoms with Crippen LogP contribution in [0.15, 0.2) is 182 Å². The van der Waals surface area contributed by atoms with Crippen molar-refractivity contribution in [3.8, 4) is 16.8 Å². The minimum absolute atomic E-state index is 0.264. The molecule has 0 fully saturated rings. The van der Waals surface area contributed by atoms with Crippen molar-refractivity contribution in [2.24, 2.45) is 0 Å². The van der Waals surface area contributed by atoms with E-state index in [-0.39, 0.29) is 14.5 Å². The van der Waals surface area contributed by atoms with E-state index in [1.807, 2.05) is 0 Å². The fourth-order valence-corrected chi connectivity index (χ4v) is 10.1. The molecule has 0 atom stereocenters. The molecule has 10 aromatic rings. The predicted octanol–water partition coefficient (Wildman–Crippen LogP) is 12.4. The molecular formula is C46H30N2Se. The molecule has 230 valence electrons. The normalized spacial score (nSPS) is 11.7. The first kappa shape index (κ1) is 28.2. The molecule has 0 aliphatic carbocycles. The number of rotatable bonds is 5. The Kier molecular flexibility index (Phi) is 6.55. The predicted molar refractivity (Wildman–Crippen MR) is 210 cm³/mol. The van der Waals surface area contributed by atoms with E-state index in [9.17, 15) is 0 Å². The summed E-state index contributed by atoms with van der Waals surface area (Å²) in [6.45, 7) is 0. The van der Waals surface area contributed by atoms with Crippen molar-refractivity contribution in [1.82, 2.24) is 4.57 Å². The standard InChI is InChI=1S/C46H30N2Se/c1-3-12-31(13-4-1)33-14-11-17-35(28-33)47(36-24-22-32-23-26-40-39-19-8-10-21-45(39)49-46(40)41(32)29-36)37-25-27-44-42(30-37)38-18-7-9-20-43(38)48(44)34-15-5-2-6-16-34/h1-30H. The summed E-state index contributed by atoms with van der Waals surface area (Å²) >= 11 is 0.264. The molecular weight excluding hydrogens is 659 g/mol. The molecule has 2 heterocycles.